The van der Waals surface area contributed by atoms with Crippen molar-refractivity contribution < 1.29 is 9.53 Å². The molecule has 1 unspecified atom stereocenters. The molecule has 2 aliphatic rings. The molecule has 108 valence electrons. The first-order valence-corrected chi connectivity index (χ1v) is 7.77. The molecule has 0 saturated carbocycles. The second kappa shape index (κ2) is 5.96. The lowest BCUT2D eigenvalue weighted by molar-refractivity contribution is 0.0884. The molecule has 3 nitrogen and oxygen atoms in total. The summed E-state index contributed by atoms with van der Waals surface area (Å²) >= 11 is 0. The highest BCUT2D eigenvalue weighted by Gasteiger charge is 2.21. The van der Waals surface area contributed by atoms with Gasteiger partial charge in [0.25, 0.3) is 0 Å². The van der Waals surface area contributed by atoms with Crippen LogP contribution in [0.3, 0.4) is 0 Å². The monoisotopic (exact) mass is 273 g/mol. The van der Waals surface area contributed by atoms with Gasteiger partial charge in [-0.25, -0.2) is 0 Å². The van der Waals surface area contributed by atoms with Gasteiger partial charge in [-0.05, 0) is 49.1 Å². The van der Waals surface area contributed by atoms with Crippen molar-refractivity contribution in [3.8, 4) is 5.75 Å². The zero-order valence-corrected chi connectivity index (χ0v) is 12.2. The average Bonchev–Trinajstić information content (AvgIpc) is 2.94. The quantitative estimate of drug-likeness (QED) is 0.790. The van der Waals surface area contributed by atoms with Crippen LogP contribution >= 0.6 is 0 Å². The summed E-state index contributed by atoms with van der Waals surface area (Å²) in [4.78, 5) is 14.7. The van der Waals surface area contributed by atoms with Crippen molar-refractivity contribution in [2.24, 2.45) is 5.92 Å². The largest absolute Gasteiger partial charge is 0.493 e. The number of carbonyl (C=O) groups excluding carboxylic acids is 1. The number of rotatable bonds is 4. The van der Waals surface area contributed by atoms with Crippen LogP contribution in [0.2, 0.25) is 0 Å². The zero-order valence-electron chi connectivity index (χ0n) is 12.2. The smallest absolute Gasteiger partial charge is 0.176 e. The molecule has 0 radical (unpaired) electrons. The standard InChI is InChI=1S/C17H23NO2/c1-2-13-4-3-8-18(11-13)12-16(19)14-5-6-17-15(10-14)7-9-20-17/h5-6,10,13H,2-4,7-9,11-12H2,1H3. The fraction of sp³-hybridized carbons (Fsp3) is 0.588. The van der Waals surface area contributed by atoms with Gasteiger partial charge in [-0.3, -0.25) is 9.69 Å². The van der Waals surface area contributed by atoms with Gasteiger partial charge in [0.1, 0.15) is 5.75 Å². The minimum atomic E-state index is 0.247. The Bertz CT molecular complexity index is 498. The number of nitrogens with zero attached hydrogens (tertiary/aromatic N) is 1. The third-order valence-electron chi connectivity index (χ3n) is 4.56. The molecule has 0 aliphatic carbocycles. The van der Waals surface area contributed by atoms with E-state index in [9.17, 15) is 4.79 Å². The van der Waals surface area contributed by atoms with E-state index in [1.807, 2.05) is 18.2 Å². The van der Waals surface area contributed by atoms with Gasteiger partial charge >= 0.3 is 0 Å². The maximum absolute atomic E-state index is 12.4. The Balaban J connectivity index is 1.64. The van der Waals surface area contributed by atoms with Gasteiger partial charge in [0.05, 0.1) is 13.2 Å². The van der Waals surface area contributed by atoms with E-state index < -0.39 is 0 Å². The summed E-state index contributed by atoms with van der Waals surface area (Å²) in [6.07, 6.45) is 4.69. The first-order chi connectivity index (χ1) is 9.76. The van der Waals surface area contributed by atoms with E-state index in [0.29, 0.717) is 6.54 Å². The van der Waals surface area contributed by atoms with Gasteiger partial charge in [0.2, 0.25) is 0 Å². The molecule has 1 aromatic carbocycles. The fourth-order valence-corrected chi connectivity index (χ4v) is 3.28. The highest BCUT2D eigenvalue weighted by molar-refractivity contribution is 5.98. The first-order valence-electron chi connectivity index (χ1n) is 7.77. The molecule has 1 aromatic rings. The highest BCUT2D eigenvalue weighted by Crippen LogP contribution is 2.26. The molecule has 0 spiro atoms. The van der Waals surface area contributed by atoms with Gasteiger partial charge in [-0.2, -0.15) is 0 Å². The van der Waals surface area contributed by atoms with Crippen molar-refractivity contribution in [3.63, 3.8) is 0 Å². The number of benzene rings is 1. The molecule has 0 aromatic heterocycles. The van der Waals surface area contributed by atoms with Crippen LogP contribution in [-0.2, 0) is 6.42 Å². The van der Waals surface area contributed by atoms with Gasteiger partial charge in [-0.15, -0.1) is 0 Å². The molecule has 3 heteroatoms. The van der Waals surface area contributed by atoms with E-state index in [-0.39, 0.29) is 5.78 Å². The van der Waals surface area contributed by atoms with Crippen LogP contribution in [0.5, 0.6) is 5.75 Å². The molecule has 1 saturated heterocycles. The van der Waals surface area contributed by atoms with E-state index in [2.05, 4.69) is 11.8 Å². The lowest BCUT2D eigenvalue weighted by Gasteiger charge is -2.31. The molecule has 2 heterocycles. The second-order valence-corrected chi connectivity index (χ2v) is 6.00. The maximum atomic E-state index is 12.4. The van der Waals surface area contributed by atoms with Crippen molar-refractivity contribution in [1.29, 1.82) is 0 Å². The Morgan fingerprint density at radius 1 is 1.45 bits per heavy atom. The number of piperidine rings is 1. The van der Waals surface area contributed by atoms with E-state index in [1.54, 1.807) is 0 Å². The van der Waals surface area contributed by atoms with E-state index in [1.165, 1.54) is 24.8 Å². The minimum Gasteiger partial charge on any atom is -0.493 e. The summed E-state index contributed by atoms with van der Waals surface area (Å²) in [5.41, 5.74) is 2.02. The molecule has 20 heavy (non-hydrogen) atoms. The Labute approximate surface area is 120 Å². The SMILES string of the molecule is CCC1CCCN(CC(=O)c2ccc3c(c2)CCO3)C1. The second-order valence-electron chi connectivity index (χ2n) is 6.00. The van der Waals surface area contributed by atoms with Gasteiger partial charge < -0.3 is 4.74 Å². The number of ether oxygens (including phenoxy) is 1. The van der Waals surface area contributed by atoms with Crippen LogP contribution in [0.25, 0.3) is 0 Å². The van der Waals surface area contributed by atoms with Crippen LogP contribution in [0, 0.1) is 5.92 Å². The number of hydrogen-bond acceptors (Lipinski definition) is 3. The molecule has 2 aliphatic heterocycles. The van der Waals surface area contributed by atoms with E-state index >= 15 is 0 Å². The van der Waals surface area contributed by atoms with E-state index in [0.717, 1.165) is 43.3 Å². The summed E-state index contributed by atoms with van der Waals surface area (Å²) in [6, 6.07) is 5.88. The molecule has 0 N–H and O–H groups in total. The van der Waals surface area contributed by atoms with Crippen molar-refractivity contribution in [3.05, 3.63) is 29.3 Å². The molecular weight excluding hydrogens is 250 g/mol. The fourth-order valence-electron chi connectivity index (χ4n) is 3.28. The number of hydrogen-bond donors (Lipinski definition) is 0. The Morgan fingerprint density at radius 3 is 3.20 bits per heavy atom. The van der Waals surface area contributed by atoms with Gasteiger partial charge in [-0.1, -0.05) is 13.3 Å². The number of fused-ring (bicyclic) bond motifs is 1. The van der Waals surface area contributed by atoms with Crippen molar-refractivity contribution in [2.75, 3.05) is 26.2 Å². The molecule has 3 rings (SSSR count). The summed E-state index contributed by atoms with van der Waals surface area (Å²) in [5.74, 6) is 1.96. The van der Waals surface area contributed by atoms with E-state index in [4.69, 9.17) is 4.74 Å². The highest BCUT2D eigenvalue weighted by atomic mass is 16.5. The summed E-state index contributed by atoms with van der Waals surface area (Å²) in [7, 11) is 0. The van der Waals surface area contributed by atoms with Crippen molar-refractivity contribution in [2.45, 2.75) is 32.6 Å². The summed E-state index contributed by atoms with van der Waals surface area (Å²) in [6.45, 7) is 5.70. The third kappa shape index (κ3) is 2.88. The van der Waals surface area contributed by atoms with Crippen LogP contribution in [0.15, 0.2) is 18.2 Å². The first kappa shape index (κ1) is 13.6. The normalized spacial score (nSPS) is 22.4. The number of likely N-dealkylation sites (tertiary alicyclic amines) is 1. The average molecular weight is 273 g/mol. The van der Waals surface area contributed by atoms with Crippen molar-refractivity contribution in [1.82, 2.24) is 4.90 Å². The topological polar surface area (TPSA) is 29.5 Å². The minimum absolute atomic E-state index is 0.247. The van der Waals surface area contributed by atoms with Crippen LogP contribution in [0.4, 0.5) is 0 Å². The number of ketones is 1. The van der Waals surface area contributed by atoms with Crippen molar-refractivity contribution >= 4 is 5.78 Å². The van der Waals surface area contributed by atoms with Crippen LogP contribution in [-0.4, -0.2) is 36.9 Å². The van der Waals surface area contributed by atoms with Crippen LogP contribution < -0.4 is 4.74 Å². The van der Waals surface area contributed by atoms with Gasteiger partial charge in [0.15, 0.2) is 5.78 Å². The lowest BCUT2D eigenvalue weighted by atomic mass is 9.95. The molecule has 0 bridgehead atoms. The van der Waals surface area contributed by atoms with Crippen LogP contribution in [0.1, 0.15) is 42.1 Å². The maximum Gasteiger partial charge on any atom is 0.176 e. The predicted molar refractivity (Wildman–Crippen MR) is 79.4 cm³/mol. The molecule has 1 atom stereocenters. The molecule has 0 amide bonds. The molecule has 1 fully saturated rings. The zero-order chi connectivity index (χ0) is 13.9. The summed E-state index contributed by atoms with van der Waals surface area (Å²) in [5, 5.41) is 0. The Hall–Kier alpha value is -1.35. The summed E-state index contributed by atoms with van der Waals surface area (Å²) < 4.78 is 5.49. The number of carbonyl (C=O) groups is 1. The van der Waals surface area contributed by atoms with Gasteiger partial charge in [0, 0.05) is 18.5 Å². The Kier molecular flexibility index (Phi) is 4.06. The molecular formula is C17H23NO2. The third-order valence-corrected chi connectivity index (χ3v) is 4.56. The number of Topliss-reactive ketones (excluding diaryl/α,β-unsaturated/α-hetero) is 1. The lowest BCUT2D eigenvalue weighted by Crippen LogP contribution is -2.38. The Morgan fingerprint density at radius 2 is 2.35 bits per heavy atom. The predicted octanol–water partition coefficient (Wildman–Crippen LogP) is 2.93.